The smallest absolute Gasteiger partial charge is 0.260 e. The van der Waals surface area contributed by atoms with Crippen LogP contribution in [0.3, 0.4) is 0 Å². The van der Waals surface area contributed by atoms with Crippen molar-refractivity contribution in [3.8, 4) is 0 Å². The third-order valence-electron chi connectivity index (χ3n) is 4.00. The maximum Gasteiger partial charge on any atom is 0.260 e. The molecule has 0 radical (unpaired) electrons. The molecular weight excluding hydrogens is 403 g/mol. The van der Waals surface area contributed by atoms with Crippen LogP contribution in [-0.4, -0.2) is 21.9 Å². The molecule has 0 saturated carbocycles. The summed E-state index contributed by atoms with van der Waals surface area (Å²) in [6, 6.07) is 12.4. The Balaban J connectivity index is 0.00000196. The first-order chi connectivity index (χ1) is 12.3. The summed E-state index contributed by atoms with van der Waals surface area (Å²) in [6.07, 6.45) is 1.50. The Morgan fingerprint density at radius 2 is 1.82 bits per heavy atom. The van der Waals surface area contributed by atoms with Gasteiger partial charge in [-0.1, -0.05) is 41.4 Å². The Morgan fingerprint density at radius 3 is 2.43 bits per heavy atom. The molecule has 9 heteroatoms. The topological polar surface area (TPSA) is 132 Å². The van der Waals surface area contributed by atoms with Gasteiger partial charge in [-0.25, -0.2) is 0 Å². The molecule has 2 aromatic carbocycles. The van der Waals surface area contributed by atoms with Crippen molar-refractivity contribution in [3.63, 3.8) is 0 Å². The number of nitrogens with two attached hydrogens (primary N) is 1. The van der Waals surface area contributed by atoms with E-state index in [-0.39, 0.29) is 29.0 Å². The lowest BCUT2D eigenvalue weighted by Gasteiger charge is -2.13. The zero-order chi connectivity index (χ0) is 18.8. The normalized spacial score (nSPS) is 9.93. The highest BCUT2D eigenvalue weighted by molar-refractivity contribution is 6.30. The second kappa shape index (κ2) is 9.36. The lowest BCUT2D eigenvalue weighted by molar-refractivity contribution is 0.0977. The highest BCUT2D eigenvalue weighted by atomic mass is 35.5. The molecular formula is C19H20Cl2N4O3. The van der Waals surface area contributed by atoms with E-state index in [4.69, 9.17) is 22.7 Å². The van der Waals surface area contributed by atoms with Crippen LogP contribution in [-0.2, 0) is 6.54 Å². The van der Waals surface area contributed by atoms with Crippen molar-refractivity contribution >= 4 is 46.6 Å². The second-order valence-electron chi connectivity index (χ2n) is 6.02. The number of carbonyl (C=O) groups is 1. The fourth-order valence-electron chi connectivity index (χ4n) is 2.78. The van der Waals surface area contributed by atoms with E-state index in [2.05, 4.69) is 5.32 Å². The largest absolute Gasteiger partial charge is 0.412 e. The summed E-state index contributed by atoms with van der Waals surface area (Å²) in [5, 5.41) is 11.1. The Labute approximate surface area is 172 Å². The van der Waals surface area contributed by atoms with E-state index in [9.17, 15) is 9.59 Å². The minimum Gasteiger partial charge on any atom is -0.412 e. The van der Waals surface area contributed by atoms with E-state index < -0.39 is 11.9 Å². The molecule has 28 heavy (non-hydrogen) atoms. The van der Waals surface area contributed by atoms with Crippen LogP contribution in [0.5, 0.6) is 0 Å². The Bertz CT molecular complexity index is 1080. The minimum absolute atomic E-state index is 0. The first-order valence-corrected chi connectivity index (χ1v) is 8.26. The highest BCUT2D eigenvalue weighted by Crippen LogP contribution is 2.18. The number of carbonyl (C=O) groups excluding carboxylic acids is 1. The Kier molecular flexibility index (Phi) is 7.75. The molecule has 1 aromatic heterocycles. The lowest BCUT2D eigenvalue weighted by Crippen LogP contribution is -2.36. The number of guanidine groups is 1. The number of hydrogen-bond donors (Lipinski definition) is 3. The van der Waals surface area contributed by atoms with Crippen molar-refractivity contribution in [2.75, 3.05) is 0 Å². The summed E-state index contributed by atoms with van der Waals surface area (Å²) in [5.41, 5.74) is 7.16. The third kappa shape index (κ3) is 4.89. The van der Waals surface area contributed by atoms with Gasteiger partial charge in [0.05, 0.1) is 12.1 Å². The summed E-state index contributed by atoms with van der Waals surface area (Å²) in [5.74, 6) is -0.982. The molecule has 7 nitrogen and oxygen atoms in total. The number of hydrogen-bond acceptors (Lipinski definition) is 3. The molecule has 6 N–H and O–H groups in total. The van der Waals surface area contributed by atoms with Crippen molar-refractivity contribution in [1.82, 2.24) is 9.88 Å². The van der Waals surface area contributed by atoms with Crippen LogP contribution in [0.1, 0.15) is 21.5 Å². The summed E-state index contributed by atoms with van der Waals surface area (Å²) in [7, 11) is 0. The quantitative estimate of drug-likeness (QED) is 0.441. The molecule has 1 amide bonds. The highest BCUT2D eigenvalue weighted by Gasteiger charge is 2.16. The molecule has 148 valence electrons. The minimum atomic E-state index is -0.530. The zero-order valence-electron chi connectivity index (χ0n) is 15.0. The standard InChI is InChI=1S/C19H17ClN4O2.ClH.H2O/c1-11-2-7-14-15(8-11)16(17(25)23-19(21)22)10-24(18(14)26)9-12-3-5-13(20)6-4-12;;/h2-8,10H,9H2,1H3,(H4,21,22,23,25);1H;1H2. The SMILES string of the molecule is Cc1ccc2c(=O)n(Cc3ccc(Cl)cc3)cc(C(=O)NC(=N)N)c2c1.Cl.O. The molecule has 0 aliphatic heterocycles. The number of benzene rings is 2. The van der Waals surface area contributed by atoms with E-state index in [1.807, 2.05) is 25.1 Å². The zero-order valence-corrected chi connectivity index (χ0v) is 16.5. The molecule has 0 aliphatic rings. The molecule has 3 aromatic rings. The number of amides is 1. The van der Waals surface area contributed by atoms with E-state index in [0.717, 1.165) is 11.1 Å². The van der Waals surface area contributed by atoms with E-state index in [1.54, 1.807) is 24.3 Å². The van der Waals surface area contributed by atoms with Gasteiger partial charge in [0.1, 0.15) is 0 Å². The number of pyridine rings is 1. The lowest BCUT2D eigenvalue weighted by atomic mass is 10.0. The van der Waals surface area contributed by atoms with Crippen LogP contribution >= 0.6 is 24.0 Å². The van der Waals surface area contributed by atoms with Crippen LogP contribution in [0.25, 0.3) is 10.8 Å². The Hall–Kier alpha value is -2.87. The third-order valence-corrected chi connectivity index (χ3v) is 4.25. The van der Waals surface area contributed by atoms with Crippen molar-refractivity contribution in [1.29, 1.82) is 5.41 Å². The van der Waals surface area contributed by atoms with E-state index in [1.165, 1.54) is 10.8 Å². The maximum absolute atomic E-state index is 12.8. The molecule has 0 spiro atoms. The number of aromatic nitrogens is 1. The Morgan fingerprint density at radius 1 is 1.18 bits per heavy atom. The van der Waals surface area contributed by atoms with Gasteiger partial charge in [0.2, 0.25) is 0 Å². The van der Waals surface area contributed by atoms with Gasteiger partial charge in [0, 0.05) is 22.0 Å². The molecule has 3 rings (SSSR count). The van der Waals surface area contributed by atoms with Crippen molar-refractivity contribution in [2.24, 2.45) is 5.73 Å². The number of halogens is 2. The number of fused-ring (bicyclic) bond motifs is 1. The van der Waals surface area contributed by atoms with Gasteiger partial charge in [-0.2, -0.15) is 0 Å². The fourth-order valence-corrected chi connectivity index (χ4v) is 2.91. The first kappa shape index (κ1) is 23.2. The van der Waals surface area contributed by atoms with Gasteiger partial charge >= 0.3 is 0 Å². The van der Waals surface area contributed by atoms with Crippen LogP contribution in [0.2, 0.25) is 5.02 Å². The summed E-state index contributed by atoms with van der Waals surface area (Å²) >= 11 is 5.90. The molecule has 1 heterocycles. The average Bonchev–Trinajstić information content (AvgIpc) is 2.58. The van der Waals surface area contributed by atoms with Crippen molar-refractivity contribution < 1.29 is 10.3 Å². The fraction of sp³-hybridized carbons (Fsp3) is 0.105. The van der Waals surface area contributed by atoms with Crippen molar-refractivity contribution in [2.45, 2.75) is 13.5 Å². The molecule has 0 unspecified atom stereocenters. The van der Waals surface area contributed by atoms with Gasteiger partial charge in [0.15, 0.2) is 5.96 Å². The molecule has 0 aliphatic carbocycles. The summed E-state index contributed by atoms with van der Waals surface area (Å²) in [6.45, 7) is 2.17. The first-order valence-electron chi connectivity index (χ1n) is 7.89. The average molecular weight is 423 g/mol. The number of nitrogens with zero attached hydrogens (tertiary/aromatic N) is 1. The summed E-state index contributed by atoms with van der Waals surface area (Å²) < 4.78 is 1.47. The van der Waals surface area contributed by atoms with Gasteiger partial charge in [-0.05, 0) is 30.7 Å². The van der Waals surface area contributed by atoms with Crippen LogP contribution < -0.4 is 16.6 Å². The second-order valence-corrected chi connectivity index (χ2v) is 6.46. The van der Waals surface area contributed by atoms with Crippen LogP contribution in [0, 0.1) is 12.3 Å². The van der Waals surface area contributed by atoms with Crippen molar-refractivity contribution in [3.05, 3.63) is 80.7 Å². The summed E-state index contributed by atoms with van der Waals surface area (Å²) in [4.78, 5) is 25.3. The number of rotatable bonds is 3. The van der Waals surface area contributed by atoms with Gasteiger partial charge < -0.3 is 15.8 Å². The molecule has 0 bridgehead atoms. The van der Waals surface area contributed by atoms with Gasteiger partial charge in [-0.15, -0.1) is 12.4 Å². The van der Waals surface area contributed by atoms with E-state index in [0.29, 0.717) is 22.3 Å². The maximum atomic E-state index is 12.8. The molecule has 0 atom stereocenters. The van der Waals surface area contributed by atoms with Crippen LogP contribution in [0.4, 0.5) is 0 Å². The molecule has 0 saturated heterocycles. The van der Waals surface area contributed by atoms with Gasteiger partial charge in [-0.3, -0.25) is 20.3 Å². The number of nitrogens with one attached hydrogen (secondary N) is 2. The predicted molar refractivity (Wildman–Crippen MR) is 114 cm³/mol. The monoisotopic (exact) mass is 422 g/mol. The molecule has 0 fully saturated rings. The number of aryl methyl sites for hydroxylation is 1. The van der Waals surface area contributed by atoms with Gasteiger partial charge in [0.25, 0.3) is 11.5 Å². The van der Waals surface area contributed by atoms with Crippen LogP contribution in [0.15, 0.2) is 53.5 Å². The van der Waals surface area contributed by atoms with E-state index >= 15 is 0 Å². The predicted octanol–water partition coefficient (Wildman–Crippen LogP) is 2.23.